The van der Waals surface area contributed by atoms with Crippen LogP contribution < -0.4 is 0 Å². The first-order chi connectivity index (χ1) is 24.2. The topological polar surface area (TPSA) is 176 Å². The molecule has 2 fully saturated rings. The van der Waals surface area contributed by atoms with E-state index in [1.54, 1.807) is 24.3 Å². The SMILES string of the molecule is C=CC(=O)OCCOC(=O)/C=C/c1ccc(C(=O)O[C@H]2CO[C@H]3[C@@H]2OC[C@H]3OC(=O)c2ccc(/C=C/C(=O)OCCOC(=O)C=C)cc2)cc1. The zero-order valence-corrected chi connectivity index (χ0v) is 26.8. The fourth-order valence-corrected chi connectivity index (χ4v) is 4.61. The van der Waals surface area contributed by atoms with Gasteiger partial charge in [-0.1, -0.05) is 37.4 Å². The van der Waals surface area contributed by atoms with Crippen LogP contribution in [0.1, 0.15) is 31.8 Å². The van der Waals surface area contributed by atoms with E-state index < -0.39 is 60.2 Å². The normalized spacial score (nSPS) is 19.3. The lowest BCUT2D eigenvalue weighted by molar-refractivity contribution is -0.145. The Bertz CT molecular complexity index is 1500. The van der Waals surface area contributed by atoms with Gasteiger partial charge in [-0.15, -0.1) is 0 Å². The largest absolute Gasteiger partial charge is 0.459 e. The molecule has 0 bridgehead atoms. The van der Waals surface area contributed by atoms with Gasteiger partial charge in [0.2, 0.25) is 0 Å². The molecule has 14 nitrogen and oxygen atoms in total. The van der Waals surface area contributed by atoms with Gasteiger partial charge in [-0.3, -0.25) is 0 Å². The van der Waals surface area contributed by atoms with Crippen molar-refractivity contribution in [3.05, 3.63) is 108 Å². The van der Waals surface area contributed by atoms with Crippen LogP contribution in [-0.2, 0) is 57.1 Å². The van der Waals surface area contributed by atoms with Crippen LogP contribution in [0.25, 0.3) is 12.2 Å². The molecule has 2 aliphatic rings. The molecule has 0 N–H and O–H groups in total. The minimum Gasteiger partial charge on any atom is -0.459 e. The molecule has 0 unspecified atom stereocenters. The quantitative estimate of drug-likeness (QED) is 0.109. The molecule has 50 heavy (non-hydrogen) atoms. The average molecular weight is 691 g/mol. The fourth-order valence-electron chi connectivity index (χ4n) is 4.61. The van der Waals surface area contributed by atoms with Crippen molar-refractivity contribution in [2.75, 3.05) is 39.6 Å². The Morgan fingerprint density at radius 3 is 1.24 bits per heavy atom. The summed E-state index contributed by atoms with van der Waals surface area (Å²) < 4.78 is 42.1. The van der Waals surface area contributed by atoms with E-state index in [1.165, 1.54) is 48.6 Å². The van der Waals surface area contributed by atoms with E-state index in [0.717, 1.165) is 12.2 Å². The van der Waals surface area contributed by atoms with Crippen LogP contribution in [0.4, 0.5) is 0 Å². The molecule has 0 aromatic heterocycles. The molecule has 0 radical (unpaired) electrons. The third-order valence-corrected chi connectivity index (χ3v) is 7.07. The van der Waals surface area contributed by atoms with Gasteiger partial charge in [0.1, 0.15) is 38.6 Å². The highest BCUT2D eigenvalue weighted by Crippen LogP contribution is 2.31. The molecular weight excluding hydrogens is 656 g/mol. The Labute approximate surface area is 286 Å². The molecule has 2 aromatic rings. The van der Waals surface area contributed by atoms with E-state index in [4.69, 9.17) is 37.9 Å². The summed E-state index contributed by atoms with van der Waals surface area (Å²) in [6.07, 6.45) is 4.69. The van der Waals surface area contributed by atoms with E-state index in [-0.39, 0.29) is 50.8 Å². The number of carbonyl (C=O) groups is 6. The van der Waals surface area contributed by atoms with Crippen LogP contribution in [0, 0.1) is 0 Å². The van der Waals surface area contributed by atoms with Crippen LogP contribution >= 0.6 is 0 Å². The van der Waals surface area contributed by atoms with Gasteiger partial charge in [0.15, 0.2) is 12.2 Å². The lowest BCUT2D eigenvalue weighted by atomic mass is 10.1. The Morgan fingerprint density at radius 1 is 0.560 bits per heavy atom. The summed E-state index contributed by atoms with van der Waals surface area (Å²) in [5, 5.41) is 0. The standard InChI is InChI=1S/C36H34O14/c1-3-29(37)43-17-19-45-31(39)15-9-23-5-11-25(12-6-23)35(41)49-27-21-47-34-28(22-48-33(27)34)50-36(42)26-13-7-24(8-14-26)10-16-32(40)46-20-18-44-30(38)4-2/h3-16,27-28,33-34H,1-2,17-22H2/b15-9+,16-10+/t27-,28+,33-,34-/m1/s1. The van der Waals surface area contributed by atoms with Gasteiger partial charge in [0.25, 0.3) is 0 Å². The van der Waals surface area contributed by atoms with Gasteiger partial charge >= 0.3 is 35.8 Å². The average Bonchev–Trinajstić information content (AvgIpc) is 3.72. The van der Waals surface area contributed by atoms with Gasteiger partial charge < -0.3 is 37.9 Å². The van der Waals surface area contributed by atoms with Crippen molar-refractivity contribution in [1.29, 1.82) is 0 Å². The predicted molar refractivity (Wildman–Crippen MR) is 173 cm³/mol. The summed E-state index contributed by atoms with van der Waals surface area (Å²) >= 11 is 0. The summed E-state index contributed by atoms with van der Waals surface area (Å²) in [6, 6.07) is 12.6. The van der Waals surface area contributed by atoms with Crippen molar-refractivity contribution in [1.82, 2.24) is 0 Å². The highest BCUT2D eigenvalue weighted by Gasteiger charge is 2.51. The van der Waals surface area contributed by atoms with Crippen molar-refractivity contribution in [2.24, 2.45) is 0 Å². The zero-order valence-electron chi connectivity index (χ0n) is 26.8. The minimum atomic E-state index is -0.726. The number of benzene rings is 2. The van der Waals surface area contributed by atoms with Crippen LogP contribution in [0.15, 0.2) is 86.0 Å². The first-order valence-electron chi connectivity index (χ1n) is 15.3. The van der Waals surface area contributed by atoms with Crippen molar-refractivity contribution < 1.29 is 66.7 Å². The monoisotopic (exact) mass is 690 g/mol. The van der Waals surface area contributed by atoms with Crippen molar-refractivity contribution in [3.63, 3.8) is 0 Å². The number of hydrogen-bond donors (Lipinski definition) is 0. The molecule has 0 amide bonds. The summed E-state index contributed by atoms with van der Waals surface area (Å²) in [6.45, 7) is 6.23. The second kappa shape index (κ2) is 18.6. The van der Waals surface area contributed by atoms with E-state index in [9.17, 15) is 28.8 Å². The van der Waals surface area contributed by atoms with Crippen molar-refractivity contribution >= 4 is 48.0 Å². The summed E-state index contributed by atoms with van der Waals surface area (Å²) in [5.41, 5.74) is 1.77. The van der Waals surface area contributed by atoms with Crippen LogP contribution in [0.2, 0.25) is 0 Å². The molecular formula is C36H34O14. The maximum absolute atomic E-state index is 12.8. The molecule has 2 heterocycles. The van der Waals surface area contributed by atoms with E-state index >= 15 is 0 Å². The van der Waals surface area contributed by atoms with E-state index in [0.29, 0.717) is 11.1 Å². The lowest BCUT2D eigenvalue weighted by Gasteiger charge is -2.17. The Balaban J connectivity index is 1.19. The number of hydrogen-bond acceptors (Lipinski definition) is 14. The molecule has 0 spiro atoms. The first-order valence-corrected chi connectivity index (χ1v) is 15.3. The third kappa shape index (κ3) is 11.1. The van der Waals surface area contributed by atoms with E-state index in [1.807, 2.05) is 0 Å². The number of ether oxygens (including phenoxy) is 8. The summed E-state index contributed by atoms with van der Waals surface area (Å²) in [5.74, 6) is -3.71. The van der Waals surface area contributed by atoms with Crippen LogP contribution in [0.5, 0.6) is 0 Å². The van der Waals surface area contributed by atoms with Gasteiger partial charge in [-0.2, -0.15) is 0 Å². The molecule has 2 aliphatic heterocycles. The molecule has 14 heteroatoms. The molecule has 4 atom stereocenters. The Morgan fingerprint density at radius 2 is 0.900 bits per heavy atom. The summed E-state index contributed by atoms with van der Waals surface area (Å²) in [7, 11) is 0. The van der Waals surface area contributed by atoms with Crippen LogP contribution in [0.3, 0.4) is 0 Å². The fraction of sp³-hybridized carbons (Fsp3) is 0.278. The zero-order chi connectivity index (χ0) is 35.9. The number of esters is 6. The number of carbonyl (C=O) groups excluding carboxylic acids is 6. The second-order valence-electron chi connectivity index (χ2n) is 10.5. The smallest absolute Gasteiger partial charge is 0.338 e. The van der Waals surface area contributed by atoms with Gasteiger partial charge in [0.05, 0.1) is 24.3 Å². The molecule has 4 rings (SSSR count). The molecule has 0 saturated carbocycles. The van der Waals surface area contributed by atoms with Gasteiger partial charge in [-0.05, 0) is 47.5 Å². The second-order valence-corrected chi connectivity index (χ2v) is 10.5. The maximum Gasteiger partial charge on any atom is 0.338 e. The number of fused-ring (bicyclic) bond motifs is 1. The lowest BCUT2D eigenvalue weighted by Crippen LogP contribution is -2.36. The van der Waals surface area contributed by atoms with Crippen LogP contribution in [-0.4, -0.2) is 99.9 Å². The molecule has 262 valence electrons. The van der Waals surface area contributed by atoms with E-state index in [2.05, 4.69) is 13.2 Å². The predicted octanol–water partition coefficient (Wildman–Crippen LogP) is 2.81. The Kier molecular flexibility index (Phi) is 13.8. The third-order valence-electron chi connectivity index (χ3n) is 7.07. The number of rotatable bonds is 16. The van der Waals surface area contributed by atoms with Crippen molar-refractivity contribution in [3.8, 4) is 0 Å². The Hall–Kier alpha value is -5.86. The van der Waals surface area contributed by atoms with Gasteiger partial charge in [0, 0.05) is 24.3 Å². The highest BCUT2D eigenvalue weighted by atomic mass is 16.7. The molecule has 2 aromatic carbocycles. The van der Waals surface area contributed by atoms with Gasteiger partial charge in [-0.25, -0.2) is 28.8 Å². The summed E-state index contributed by atoms with van der Waals surface area (Å²) in [4.78, 5) is 71.3. The van der Waals surface area contributed by atoms with Crippen molar-refractivity contribution in [2.45, 2.75) is 24.4 Å². The molecule has 0 aliphatic carbocycles. The first kappa shape index (κ1) is 37.0. The molecule has 2 saturated heterocycles. The maximum atomic E-state index is 12.8. The minimum absolute atomic E-state index is 0.0499. The highest BCUT2D eigenvalue weighted by molar-refractivity contribution is 5.91.